The lowest BCUT2D eigenvalue weighted by atomic mass is 10.1. The van der Waals surface area contributed by atoms with E-state index in [9.17, 15) is 5.11 Å². The molecule has 1 aromatic carbocycles. The molecule has 0 amide bonds. The van der Waals surface area contributed by atoms with Gasteiger partial charge in [-0.3, -0.25) is 0 Å². The van der Waals surface area contributed by atoms with E-state index in [2.05, 4.69) is 10.2 Å². The SMILES string of the molecule is NC1CCc2nnc(-c3cccc(O)c3)n2C1. The van der Waals surface area contributed by atoms with Crippen LogP contribution in [0.4, 0.5) is 0 Å². The van der Waals surface area contributed by atoms with Crippen molar-refractivity contribution in [1.29, 1.82) is 0 Å². The Kier molecular flexibility index (Phi) is 2.33. The number of hydrogen-bond acceptors (Lipinski definition) is 4. The summed E-state index contributed by atoms with van der Waals surface area (Å²) in [4.78, 5) is 0. The first-order valence-corrected chi connectivity index (χ1v) is 5.71. The maximum absolute atomic E-state index is 9.49. The van der Waals surface area contributed by atoms with E-state index < -0.39 is 0 Å². The number of phenols is 1. The normalized spacial score (nSPS) is 19.0. The summed E-state index contributed by atoms with van der Waals surface area (Å²) in [6.45, 7) is 0.743. The first-order chi connectivity index (χ1) is 8.24. The number of rotatable bonds is 1. The van der Waals surface area contributed by atoms with Crippen molar-refractivity contribution < 1.29 is 5.11 Å². The molecule has 2 aromatic rings. The molecule has 5 nitrogen and oxygen atoms in total. The molecule has 0 saturated heterocycles. The lowest BCUT2D eigenvalue weighted by molar-refractivity contribution is 0.456. The van der Waals surface area contributed by atoms with E-state index in [0.29, 0.717) is 0 Å². The Morgan fingerprint density at radius 1 is 1.35 bits per heavy atom. The summed E-state index contributed by atoms with van der Waals surface area (Å²) in [5, 5.41) is 17.8. The van der Waals surface area contributed by atoms with Gasteiger partial charge in [0.15, 0.2) is 5.82 Å². The molecule has 1 aromatic heterocycles. The number of benzene rings is 1. The molecule has 0 radical (unpaired) electrons. The Labute approximate surface area is 98.9 Å². The van der Waals surface area contributed by atoms with Crippen LogP contribution in [0.1, 0.15) is 12.2 Å². The minimum atomic E-state index is 0.162. The van der Waals surface area contributed by atoms with Gasteiger partial charge in [-0.25, -0.2) is 0 Å². The summed E-state index contributed by atoms with van der Waals surface area (Å²) < 4.78 is 2.04. The van der Waals surface area contributed by atoms with Gasteiger partial charge in [0.25, 0.3) is 0 Å². The van der Waals surface area contributed by atoms with Crippen molar-refractivity contribution in [3.05, 3.63) is 30.1 Å². The maximum Gasteiger partial charge on any atom is 0.164 e. The Hall–Kier alpha value is -1.88. The molecule has 0 fully saturated rings. The van der Waals surface area contributed by atoms with Crippen LogP contribution in [0.15, 0.2) is 24.3 Å². The van der Waals surface area contributed by atoms with Gasteiger partial charge >= 0.3 is 0 Å². The topological polar surface area (TPSA) is 77.0 Å². The molecule has 1 aliphatic heterocycles. The Bertz CT molecular complexity index is 549. The minimum Gasteiger partial charge on any atom is -0.508 e. The lowest BCUT2D eigenvalue weighted by Gasteiger charge is -2.20. The molecule has 0 bridgehead atoms. The fourth-order valence-corrected chi connectivity index (χ4v) is 2.21. The average molecular weight is 230 g/mol. The second kappa shape index (κ2) is 3.85. The van der Waals surface area contributed by atoms with Crippen molar-refractivity contribution in [3.8, 4) is 17.1 Å². The van der Waals surface area contributed by atoms with Gasteiger partial charge in [-0.2, -0.15) is 0 Å². The van der Waals surface area contributed by atoms with Crippen LogP contribution in [0.3, 0.4) is 0 Å². The van der Waals surface area contributed by atoms with Crippen LogP contribution < -0.4 is 5.73 Å². The standard InChI is InChI=1S/C12H14N4O/c13-9-4-5-11-14-15-12(16(11)7-9)8-2-1-3-10(17)6-8/h1-3,6,9,17H,4-5,7,13H2. The van der Waals surface area contributed by atoms with Crippen molar-refractivity contribution in [3.63, 3.8) is 0 Å². The van der Waals surface area contributed by atoms with Crippen LogP contribution in [-0.4, -0.2) is 25.9 Å². The third-order valence-corrected chi connectivity index (χ3v) is 3.09. The molecule has 1 atom stereocenters. The third kappa shape index (κ3) is 1.78. The fraction of sp³-hybridized carbons (Fsp3) is 0.333. The highest BCUT2D eigenvalue weighted by Crippen LogP contribution is 2.24. The summed E-state index contributed by atoms with van der Waals surface area (Å²) in [7, 11) is 0. The third-order valence-electron chi connectivity index (χ3n) is 3.09. The van der Waals surface area contributed by atoms with Gasteiger partial charge in [-0.1, -0.05) is 12.1 Å². The highest BCUT2D eigenvalue weighted by Gasteiger charge is 2.21. The summed E-state index contributed by atoms with van der Waals surface area (Å²) in [6, 6.07) is 7.21. The molecule has 5 heteroatoms. The van der Waals surface area contributed by atoms with Gasteiger partial charge in [0, 0.05) is 24.6 Å². The lowest BCUT2D eigenvalue weighted by Crippen LogP contribution is -2.32. The molecule has 0 saturated carbocycles. The predicted octanol–water partition coefficient (Wildman–Crippen LogP) is 0.924. The second-order valence-corrected chi connectivity index (χ2v) is 4.40. The summed E-state index contributed by atoms with van der Waals surface area (Å²) in [5.74, 6) is 2.00. The summed E-state index contributed by atoms with van der Waals surface area (Å²) >= 11 is 0. The molecule has 0 spiro atoms. The quantitative estimate of drug-likeness (QED) is 0.763. The predicted molar refractivity (Wildman–Crippen MR) is 63.4 cm³/mol. The van der Waals surface area contributed by atoms with Gasteiger partial charge in [0.2, 0.25) is 0 Å². The van der Waals surface area contributed by atoms with Crippen LogP contribution in [0.25, 0.3) is 11.4 Å². The van der Waals surface area contributed by atoms with Crippen LogP contribution in [-0.2, 0) is 13.0 Å². The Morgan fingerprint density at radius 2 is 2.24 bits per heavy atom. The number of aromatic hydroxyl groups is 1. The first kappa shape index (κ1) is 10.3. The zero-order valence-corrected chi connectivity index (χ0v) is 9.37. The van der Waals surface area contributed by atoms with Crippen LogP contribution in [0, 0.1) is 0 Å². The van der Waals surface area contributed by atoms with Crippen LogP contribution >= 0.6 is 0 Å². The van der Waals surface area contributed by atoms with Crippen molar-refractivity contribution in [2.75, 3.05) is 0 Å². The molecule has 2 heterocycles. The molecule has 88 valence electrons. The monoisotopic (exact) mass is 230 g/mol. The van der Waals surface area contributed by atoms with Gasteiger partial charge in [-0.05, 0) is 18.6 Å². The van der Waals surface area contributed by atoms with Crippen molar-refractivity contribution in [1.82, 2.24) is 14.8 Å². The summed E-state index contributed by atoms with van der Waals surface area (Å²) in [6.07, 6.45) is 1.82. The Morgan fingerprint density at radius 3 is 3.06 bits per heavy atom. The van der Waals surface area contributed by atoms with E-state index in [-0.39, 0.29) is 11.8 Å². The summed E-state index contributed by atoms with van der Waals surface area (Å²) in [5.41, 5.74) is 6.83. The number of phenolic OH excluding ortho intramolecular Hbond substituents is 1. The largest absolute Gasteiger partial charge is 0.508 e. The molecule has 17 heavy (non-hydrogen) atoms. The Balaban J connectivity index is 2.07. The second-order valence-electron chi connectivity index (χ2n) is 4.40. The zero-order chi connectivity index (χ0) is 11.8. The smallest absolute Gasteiger partial charge is 0.164 e. The number of nitrogens with zero attached hydrogens (tertiary/aromatic N) is 3. The fourth-order valence-electron chi connectivity index (χ4n) is 2.21. The minimum absolute atomic E-state index is 0.162. The van der Waals surface area contributed by atoms with Crippen LogP contribution in [0.5, 0.6) is 5.75 Å². The molecule has 3 N–H and O–H groups in total. The van der Waals surface area contributed by atoms with Crippen molar-refractivity contribution >= 4 is 0 Å². The first-order valence-electron chi connectivity index (χ1n) is 5.71. The van der Waals surface area contributed by atoms with E-state index in [1.807, 2.05) is 10.6 Å². The number of aromatic nitrogens is 3. The highest BCUT2D eigenvalue weighted by atomic mass is 16.3. The van der Waals surface area contributed by atoms with Gasteiger partial charge < -0.3 is 15.4 Å². The van der Waals surface area contributed by atoms with Crippen LogP contribution in [0.2, 0.25) is 0 Å². The van der Waals surface area contributed by atoms with Gasteiger partial charge in [0.05, 0.1) is 0 Å². The molecule has 1 unspecified atom stereocenters. The number of hydrogen-bond donors (Lipinski definition) is 2. The maximum atomic E-state index is 9.49. The van der Waals surface area contributed by atoms with E-state index in [0.717, 1.165) is 36.6 Å². The van der Waals surface area contributed by atoms with Gasteiger partial charge in [0.1, 0.15) is 11.6 Å². The average Bonchev–Trinajstić information content (AvgIpc) is 2.71. The molecule has 3 rings (SSSR count). The van der Waals surface area contributed by atoms with Crippen molar-refractivity contribution in [2.24, 2.45) is 5.73 Å². The molecule has 0 aliphatic carbocycles. The molecular weight excluding hydrogens is 216 g/mol. The van der Waals surface area contributed by atoms with Crippen molar-refractivity contribution in [2.45, 2.75) is 25.4 Å². The zero-order valence-electron chi connectivity index (χ0n) is 9.37. The number of nitrogens with two attached hydrogens (primary N) is 1. The van der Waals surface area contributed by atoms with E-state index in [1.165, 1.54) is 0 Å². The number of fused-ring (bicyclic) bond motifs is 1. The molecular formula is C12H14N4O. The van der Waals surface area contributed by atoms with E-state index in [1.54, 1.807) is 18.2 Å². The van der Waals surface area contributed by atoms with E-state index in [4.69, 9.17) is 5.73 Å². The molecule has 1 aliphatic rings. The van der Waals surface area contributed by atoms with Gasteiger partial charge in [-0.15, -0.1) is 10.2 Å². The number of aryl methyl sites for hydroxylation is 1. The highest BCUT2D eigenvalue weighted by molar-refractivity contribution is 5.57. The van der Waals surface area contributed by atoms with E-state index >= 15 is 0 Å².